The quantitative estimate of drug-likeness (QED) is 0.789. The smallest absolute Gasteiger partial charge is 0.250 e. The van der Waals surface area contributed by atoms with Crippen LogP contribution in [0.4, 0.5) is 5.69 Å². The molecule has 5 nitrogen and oxygen atoms in total. The number of rotatable bonds is 4. The van der Waals surface area contributed by atoms with Crippen molar-refractivity contribution in [2.45, 2.75) is 19.3 Å². The Hall–Kier alpha value is -1.59. The minimum absolute atomic E-state index is 0.0409. The van der Waals surface area contributed by atoms with E-state index in [-0.39, 0.29) is 28.3 Å². The first-order valence-electron chi connectivity index (χ1n) is 6.63. The summed E-state index contributed by atoms with van der Waals surface area (Å²) in [6.07, 6.45) is 2.89. The van der Waals surface area contributed by atoms with Gasteiger partial charge in [0.15, 0.2) is 0 Å². The molecule has 2 amide bonds. The van der Waals surface area contributed by atoms with Crippen LogP contribution in [0.15, 0.2) is 18.2 Å². The number of nitrogens with one attached hydrogen (secondary N) is 1. The fourth-order valence-electron chi connectivity index (χ4n) is 2.69. The molecule has 2 atom stereocenters. The molecule has 1 saturated carbocycles. The molecule has 0 aromatic heterocycles. The van der Waals surface area contributed by atoms with Crippen molar-refractivity contribution in [3.8, 4) is 0 Å². The molecule has 5 N–H and O–H groups in total. The van der Waals surface area contributed by atoms with Crippen LogP contribution in [0.1, 0.15) is 29.6 Å². The molecule has 1 aliphatic rings. The van der Waals surface area contributed by atoms with Gasteiger partial charge in [0, 0.05) is 11.6 Å². The van der Waals surface area contributed by atoms with E-state index < -0.39 is 5.91 Å². The number of carbonyl (C=O) groups excluding carboxylic acids is 2. The van der Waals surface area contributed by atoms with Crippen molar-refractivity contribution in [1.29, 1.82) is 0 Å². The maximum Gasteiger partial charge on any atom is 0.250 e. The first-order valence-corrected chi connectivity index (χ1v) is 7.01. The van der Waals surface area contributed by atoms with E-state index >= 15 is 0 Å². The van der Waals surface area contributed by atoms with E-state index in [0.717, 1.165) is 19.3 Å². The van der Waals surface area contributed by atoms with Crippen molar-refractivity contribution in [2.24, 2.45) is 23.3 Å². The summed E-state index contributed by atoms with van der Waals surface area (Å²) in [4.78, 5) is 23.3. The van der Waals surface area contributed by atoms with E-state index in [1.165, 1.54) is 12.1 Å². The monoisotopic (exact) mass is 295 g/mol. The number of hydrogen-bond acceptors (Lipinski definition) is 3. The summed E-state index contributed by atoms with van der Waals surface area (Å²) in [5, 5.41) is 3.06. The normalized spacial score (nSPS) is 21.7. The van der Waals surface area contributed by atoms with Crippen LogP contribution in [0.25, 0.3) is 0 Å². The molecule has 0 radical (unpaired) electrons. The molecule has 2 unspecified atom stereocenters. The number of nitrogens with two attached hydrogens (primary N) is 2. The third-order valence-corrected chi connectivity index (χ3v) is 4.11. The SMILES string of the molecule is NCC1CCCC1C(=O)Nc1ccc(C(N)=O)c(Cl)c1. The minimum Gasteiger partial charge on any atom is -0.366 e. The first-order chi connectivity index (χ1) is 9.52. The third-order valence-electron chi connectivity index (χ3n) is 3.80. The fraction of sp³-hybridized carbons (Fsp3) is 0.429. The molecular weight excluding hydrogens is 278 g/mol. The molecular formula is C14H18ClN3O2. The van der Waals surface area contributed by atoms with Gasteiger partial charge in [-0.3, -0.25) is 9.59 Å². The summed E-state index contributed by atoms with van der Waals surface area (Å²) >= 11 is 5.95. The highest BCUT2D eigenvalue weighted by molar-refractivity contribution is 6.34. The average Bonchev–Trinajstić information content (AvgIpc) is 2.86. The number of carbonyl (C=O) groups is 2. The second kappa shape index (κ2) is 6.24. The molecule has 1 aromatic rings. The number of anilines is 1. The van der Waals surface area contributed by atoms with E-state index in [0.29, 0.717) is 12.2 Å². The lowest BCUT2D eigenvalue weighted by molar-refractivity contribution is -0.120. The number of hydrogen-bond donors (Lipinski definition) is 3. The maximum absolute atomic E-state index is 12.2. The van der Waals surface area contributed by atoms with Gasteiger partial charge in [-0.15, -0.1) is 0 Å². The predicted molar refractivity (Wildman–Crippen MR) is 78.5 cm³/mol. The summed E-state index contributed by atoms with van der Waals surface area (Å²) in [7, 11) is 0. The van der Waals surface area contributed by atoms with Gasteiger partial charge in [-0.25, -0.2) is 0 Å². The molecule has 1 aliphatic carbocycles. The van der Waals surface area contributed by atoms with Crippen molar-refractivity contribution < 1.29 is 9.59 Å². The van der Waals surface area contributed by atoms with Crippen molar-refractivity contribution in [3.05, 3.63) is 28.8 Å². The molecule has 6 heteroatoms. The number of amides is 2. The van der Waals surface area contributed by atoms with E-state index in [1.54, 1.807) is 6.07 Å². The molecule has 1 fully saturated rings. The van der Waals surface area contributed by atoms with Crippen LogP contribution < -0.4 is 16.8 Å². The summed E-state index contributed by atoms with van der Waals surface area (Å²) in [5.74, 6) is -0.433. The fourth-order valence-corrected chi connectivity index (χ4v) is 2.97. The molecule has 2 rings (SSSR count). The Morgan fingerprint density at radius 3 is 2.70 bits per heavy atom. The highest BCUT2D eigenvalue weighted by Gasteiger charge is 2.31. The zero-order valence-corrected chi connectivity index (χ0v) is 11.8. The lowest BCUT2D eigenvalue weighted by atomic mass is 9.95. The van der Waals surface area contributed by atoms with Gasteiger partial charge in [-0.1, -0.05) is 18.0 Å². The molecule has 0 saturated heterocycles. The molecule has 0 aliphatic heterocycles. The highest BCUT2D eigenvalue weighted by Crippen LogP contribution is 2.32. The third kappa shape index (κ3) is 3.11. The predicted octanol–water partition coefficient (Wildman–Crippen LogP) is 1.75. The lowest BCUT2D eigenvalue weighted by Gasteiger charge is -2.17. The van der Waals surface area contributed by atoms with E-state index in [1.807, 2.05) is 0 Å². The van der Waals surface area contributed by atoms with Crippen LogP contribution in [0, 0.1) is 11.8 Å². The molecule has 0 spiro atoms. The molecule has 1 aromatic carbocycles. The summed E-state index contributed by atoms with van der Waals surface area (Å²) in [6.45, 7) is 0.527. The summed E-state index contributed by atoms with van der Waals surface area (Å²) < 4.78 is 0. The summed E-state index contributed by atoms with van der Waals surface area (Å²) in [6, 6.07) is 4.66. The molecule has 0 bridgehead atoms. The van der Waals surface area contributed by atoms with Gasteiger partial charge in [0.1, 0.15) is 0 Å². The van der Waals surface area contributed by atoms with Gasteiger partial charge >= 0.3 is 0 Å². The molecule has 0 heterocycles. The Kier molecular flexibility index (Phi) is 4.62. The van der Waals surface area contributed by atoms with Crippen LogP contribution in [-0.2, 0) is 4.79 Å². The zero-order valence-electron chi connectivity index (χ0n) is 11.1. The van der Waals surface area contributed by atoms with E-state index in [4.69, 9.17) is 23.1 Å². The Labute approximate surface area is 122 Å². The highest BCUT2D eigenvalue weighted by atomic mass is 35.5. The van der Waals surface area contributed by atoms with Gasteiger partial charge < -0.3 is 16.8 Å². The van der Waals surface area contributed by atoms with Gasteiger partial charge in [-0.2, -0.15) is 0 Å². The van der Waals surface area contributed by atoms with Gasteiger partial charge in [0.05, 0.1) is 10.6 Å². The molecule has 20 heavy (non-hydrogen) atoms. The van der Waals surface area contributed by atoms with E-state index in [9.17, 15) is 9.59 Å². The number of primary amides is 1. The maximum atomic E-state index is 12.2. The number of halogens is 1. The average molecular weight is 296 g/mol. The van der Waals surface area contributed by atoms with Gasteiger partial charge in [-0.05, 0) is 43.5 Å². The van der Waals surface area contributed by atoms with Crippen molar-refractivity contribution in [3.63, 3.8) is 0 Å². The Balaban J connectivity index is 2.08. The summed E-state index contributed by atoms with van der Waals surface area (Å²) in [5.41, 5.74) is 11.7. The van der Waals surface area contributed by atoms with Crippen LogP contribution >= 0.6 is 11.6 Å². The van der Waals surface area contributed by atoms with Gasteiger partial charge in [0.25, 0.3) is 0 Å². The second-order valence-electron chi connectivity index (χ2n) is 5.08. The Bertz CT molecular complexity index is 533. The van der Waals surface area contributed by atoms with Crippen molar-refractivity contribution >= 4 is 29.1 Å². The van der Waals surface area contributed by atoms with Crippen LogP contribution in [-0.4, -0.2) is 18.4 Å². The zero-order chi connectivity index (χ0) is 14.7. The van der Waals surface area contributed by atoms with Crippen molar-refractivity contribution in [2.75, 3.05) is 11.9 Å². The van der Waals surface area contributed by atoms with E-state index in [2.05, 4.69) is 5.32 Å². The first kappa shape index (κ1) is 14.8. The Morgan fingerprint density at radius 1 is 1.35 bits per heavy atom. The number of benzene rings is 1. The largest absolute Gasteiger partial charge is 0.366 e. The second-order valence-corrected chi connectivity index (χ2v) is 5.49. The lowest BCUT2D eigenvalue weighted by Crippen LogP contribution is -2.29. The standard InChI is InChI=1S/C14H18ClN3O2/c15-12-6-9(4-5-11(12)13(17)19)18-14(20)10-3-1-2-8(10)7-16/h4-6,8,10H,1-3,7,16H2,(H2,17,19)(H,18,20). The minimum atomic E-state index is -0.591. The topological polar surface area (TPSA) is 98.2 Å². The van der Waals surface area contributed by atoms with Crippen LogP contribution in [0.2, 0.25) is 5.02 Å². The van der Waals surface area contributed by atoms with Crippen molar-refractivity contribution in [1.82, 2.24) is 0 Å². The van der Waals surface area contributed by atoms with Crippen LogP contribution in [0.3, 0.4) is 0 Å². The molecule has 108 valence electrons. The van der Waals surface area contributed by atoms with Crippen LogP contribution in [0.5, 0.6) is 0 Å². The van der Waals surface area contributed by atoms with Gasteiger partial charge in [0.2, 0.25) is 11.8 Å². The Morgan fingerprint density at radius 2 is 2.10 bits per heavy atom.